The Labute approximate surface area is 169 Å². The lowest BCUT2D eigenvalue weighted by molar-refractivity contribution is -0.129. The van der Waals surface area contributed by atoms with Crippen LogP contribution in [0, 0.1) is 0 Å². The van der Waals surface area contributed by atoms with E-state index >= 15 is 0 Å². The van der Waals surface area contributed by atoms with Gasteiger partial charge in [-0.1, -0.05) is 36.4 Å². The predicted octanol–water partition coefficient (Wildman–Crippen LogP) is 3.95. The molecular weight excluding hydrogens is 362 g/mol. The molecule has 1 aliphatic heterocycles. The Morgan fingerprint density at radius 1 is 1.10 bits per heavy atom. The third-order valence-corrected chi connectivity index (χ3v) is 5.68. The summed E-state index contributed by atoms with van der Waals surface area (Å²) in [5.74, 6) is 0.774. The highest BCUT2D eigenvalue weighted by Gasteiger charge is 2.28. The second-order valence-electron chi connectivity index (χ2n) is 7.67. The van der Waals surface area contributed by atoms with Gasteiger partial charge in [-0.15, -0.1) is 0 Å². The Balaban J connectivity index is 1.25. The summed E-state index contributed by atoms with van der Waals surface area (Å²) in [5, 5.41) is 2.24. The number of nitrogens with zero attached hydrogens (tertiary/aromatic N) is 3. The molecule has 1 aliphatic rings. The summed E-state index contributed by atoms with van der Waals surface area (Å²) in [5.41, 5.74) is 3.15. The highest BCUT2D eigenvalue weighted by molar-refractivity contribution is 5.89. The number of ether oxygens (including phenoxy) is 1. The zero-order valence-corrected chi connectivity index (χ0v) is 16.4. The molecule has 0 bridgehead atoms. The molecule has 0 aliphatic carbocycles. The molecular formula is C24H23N3O2. The monoisotopic (exact) mass is 385 g/mol. The lowest BCUT2D eigenvalue weighted by atomic mass is 10.1. The number of hydrogen-bond donors (Lipinski definition) is 0. The zero-order chi connectivity index (χ0) is 19.8. The Kier molecular flexibility index (Phi) is 4.43. The molecule has 1 fully saturated rings. The molecule has 146 valence electrons. The Bertz CT molecular complexity index is 1200. The number of hydrogen-bond acceptors (Lipinski definition) is 3. The smallest absolute Gasteiger partial charge is 0.227 e. The third-order valence-electron chi connectivity index (χ3n) is 5.68. The van der Waals surface area contributed by atoms with Gasteiger partial charge >= 0.3 is 0 Å². The van der Waals surface area contributed by atoms with Crippen molar-refractivity contribution in [2.24, 2.45) is 7.05 Å². The molecule has 1 atom stereocenters. The number of fused-ring (bicyclic) bond motifs is 2. The van der Waals surface area contributed by atoms with Crippen LogP contribution in [-0.4, -0.2) is 39.6 Å². The normalized spacial score (nSPS) is 16.6. The van der Waals surface area contributed by atoms with E-state index in [2.05, 4.69) is 27.9 Å². The van der Waals surface area contributed by atoms with Gasteiger partial charge < -0.3 is 14.2 Å². The van der Waals surface area contributed by atoms with Gasteiger partial charge in [-0.25, -0.2) is 4.98 Å². The van der Waals surface area contributed by atoms with Crippen LogP contribution < -0.4 is 4.74 Å². The topological polar surface area (TPSA) is 47.4 Å². The number of carbonyl (C=O) groups is 1. The molecule has 2 aromatic carbocycles. The molecule has 0 N–H and O–H groups in total. The molecule has 5 rings (SSSR count). The highest BCUT2D eigenvalue weighted by Crippen LogP contribution is 2.23. The highest BCUT2D eigenvalue weighted by atomic mass is 16.5. The number of benzene rings is 2. The summed E-state index contributed by atoms with van der Waals surface area (Å²) in [7, 11) is 2.02. The Hall–Kier alpha value is -3.34. The van der Waals surface area contributed by atoms with Gasteiger partial charge in [0, 0.05) is 48.6 Å². The molecule has 0 saturated carbocycles. The lowest BCUT2D eigenvalue weighted by Gasteiger charge is -2.17. The molecule has 0 spiro atoms. The van der Waals surface area contributed by atoms with Gasteiger partial charge in [-0.3, -0.25) is 4.79 Å². The van der Waals surface area contributed by atoms with Crippen molar-refractivity contribution in [2.45, 2.75) is 18.9 Å². The van der Waals surface area contributed by atoms with Crippen molar-refractivity contribution < 1.29 is 9.53 Å². The van der Waals surface area contributed by atoms with E-state index in [1.165, 1.54) is 0 Å². The van der Waals surface area contributed by atoms with E-state index in [0.717, 1.165) is 40.3 Å². The van der Waals surface area contributed by atoms with Crippen LogP contribution >= 0.6 is 0 Å². The summed E-state index contributed by atoms with van der Waals surface area (Å²) in [6, 6.07) is 20.1. The van der Waals surface area contributed by atoms with E-state index in [1.807, 2.05) is 60.5 Å². The van der Waals surface area contributed by atoms with Crippen LogP contribution in [0.2, 0.25) is 0 Å². The van der Waals surface area contributed by atoms with E-state index in [4.69, 9.17) is 4.74 Å². The summed E-state index contributed by atoms with van der Waals surface area (Å²) in [4.78, 5) is 19.4. The quantitative estimate of drug-likeness (QED) is 0.534. The van der Waals surface area contributed by atoms with E-state index < -0.39 is 0 Å². The van der Waals surface area contributed by atoms with Crippen molar-refractivity contribution in [1.82, 2.24) is 14.5 Å². The number of para-hydroxylation sites is 2. The number of rotatable bonds is 4. The first-order chi connectivity index (χ1) is 14.2. The van der Waals surface area contributed by atoms with Crippen LogP contribution in [0.4, 0.5) is 0 Å². The van der Waals surface area contributed by atoms with E-state index in [9.17, 15) is 4.79 Å². The minimum atomic E-state index is -0.0138. The average molecular weight is 385 g/mol. The summed E-state index contributed by atoms with van der Waals surface area (Å²) < 4.78 is 8.16. The maximum atomic E-state index is 12.9. The first-order valence-electron chi connectivity index (χ1n) is 10.0. The summed E-state index contributed by atoms with van der Waals surface area (Å²) >= 11 is 0. The zero-order valence-electron chi connectivity index (χ0n) is 16.4. The van der Waals surface area contributed by atoms with Crippen LogP contribution in [-0.2, 0) is 18.3 Å². The van der Waals surface area contributed by atoms with Crippen molar-refractivity contribution in [3.05, 3.63) is 72.4 Å². The van der Waals surface area contributed by atoms with Gasteiger partial charge in [0.2, 0.25) is 11.8 Å². The molecule has 4 aromatic rings. The number of pyridine rings is 1. The van der Waals surface area contributed by atoms with E-state index in [1.54, 1.807) is 0 Å². The number of aromatic nitrogens is 2. The van der Waals surface area contributed by atoms with Gasteiger partial charge in [0.1, 0.15) is 6.10 Å². The molecule has 1 saturated heterocycles. The van der Waals surface area contributed by atoms with Gasteiger partial charge in [-0.2, -0.15) is 0 Å². The fourth-order valence-electron chi connectivity index (χ4n) is 4.18. The van der Waals surface area contributed by atoms with Crippen molar-refractivity contribution in [3.63, 3.8) is 0 Å². The molecule has 5 heteroatoms. The second-order valence-corrected chi connectivity index (χ2v) is 7.67. The summed E-state index contributed by atoms with van der Waals surface area (Å²) in [6.45, 7) is 1.33. The number of likely N-dealkylation sites (tertiary alicyclic amines) is 1. The van der Waals surface area contributed by atoms with E-state index in [0.29, 0.717) is 18.8 Å². The fraction of sp³-hybridized carbons (Fsp3) is 0.250. The minimum absolute atomic E-state index is 0.0138. The van der Waals surface area contributed by atoms with Crippen molar-refractivity contribution in [1.29, 1.82) is 0 Å². The molecule has 1 unspecified atom stereocenters. The molecule has 0 radical (unpaired) electrons. The number of carbonyl (C=O) groups excluding carboxylic acids is 1. The number of amides is 1. The standard InChI is InChI=1S/C24H23N3O2/c1-26-15-18(20-7-3-5-9-22(20)26)14-24(28)27-13-12-19(16-27)29-23-11-10-17-6-2-4-8-21(17)25-23/h2-11,15,19H,12-14,16H2,1H3. The van der Waals surface area contributed by atoms with Crippen molar-refractivity contribution in [2.75, 3.05) is 13.1 Å². The Morgan fingerprint density at radius 3 is 2.86 bits per heavy atom. The minimum Gasteiger partial charge on any atom is -0.472 e. The van der Waals surface area contributed by atoms with Crippen molar-refractivity contribution >= 4 is 27.7 Å². The van der Waals surface area contributed by atoms with Gasteiger partial charge in [-0.05, 0) is 23.8 Å². The summed E-state index contributed by atoms with van der Waals surface area (Å²) in [6.07, 6.45) is 3.30. The lowest BCUT2D eigenvalue weighted by Crippen LogP contribution is -2.32. The Morgan fingerprint density at radius 2 is 1.93 bits per heavy atom. The molecule has 29 heavy (non-hydrogen) atoms. The van der Waals surface area contributed by atoms with Gasteiger partial charge in [0.15, 0.2) is 0 Å². The first-order valence-corrected chi connectivity index (χ1v) is 10.0. The maximum absolute atomic E-state index is 12.9. The third kappa shape index (κ3) is 3.44. The maximum Gasteiger partial charge on any atom is 0.227 e. The predicted molar refractivity (Wildman–Crippen MR) is 114 cm³/mol. The molecule has 3 heterocycles. The molecule has 2 aromatic heterocycles. The van der Waals surface area contributed by atoms with Crippen molar-refractivity contribution in [3.8, 4) is 5.88 Å². The van der Waals surface area contributed by atoms with Gasteiger partial charge in [0.25, 0.3) is 0 Å². The van der Waals surface area contributed by atoms with Crippen LogP contribution in [0.5, 0.6) is 5.88 Å². The fourth-order valence-corrected chi connectivity index (χ4v) is 4.18. The molecule has 5 nitrogen and oxygen atoms in total. The van der Waals surface area contributed by atoms with Crippen LogP contribution in [0.25, 0.3) is 21.8 Å². The second kappa shape index (κ2) is 7.24. The van der Waals surface area contributed by atoms with Crippen LogP contribution in [0.3, 0.4) is 0 Å². The largest absolute Gasteiger partial charge is 0.472 e. The van der Waals surface area contributed by atoms with Crippen LogP contribution in [0.15, 0.2) is 66.9 Å². The van der Waals surface area contributed by atoms with Gasteiger partial charge in [0.05, 0.1) is 18.5 Å². The molecule has 1 amide bonds. The van der Waals surface area contributed by atoms with E-state index in [-0.39, 0.29) is 12.0 Å². The SMILES string of the molecule is Cn1cc(CC(=O)N2CCC(Oc3ccc4ccccc4n3)C2)c2ccccc21. The number of aryl methyl sites for hydroxylation is 1. The first kappa shape index (κ1) is 17.7. The average Bonchev–Trinajstić information content (AvgIpc) is 3.33. The van der Waals surface area contributed by atoms with Crippen LogP contribution in [0.1, 0.15) is 12.0 Å².